The van der Waals surface area contributed by atoms with Gasteiger partial charge in [-0.1, -0.05) is 17.3 Å². The van der Waals surface area contributed by atoms with E-state index in [1.807, 2.05) is 41.0 Å². The van der Waals surface area contributed by atoms with Gasteiger partial charge in [-0.25, -0.2) is 4.79 Å². The highest BCUT2D eigenvalue weighted by Crippen LogP contribution is 2.32. The zero-order chi connectivity index (χ0) is 22.1. The van der Waals surface area contributed by atoms with Crippen LogP contribution in [0.4, 0.5) is 0 Å². The van der Waals surface area contributed by atoms with Gasteiger partial charge in [0.1, 0.15) is 11.5 Å². The Bertz CT molecular complexity index is 1280. The number of benzene rings is 2. The number of fused-ring (bicyclic) bond motifs is 1. The number of methoxy groups -OCH3 is 2. The Hall–Kier alpha value is -3.59. The van der Waals surface area contributed by atoms with E-state index in [1.54, 1.807) is 20.3 Å². The molecule has 4 aromatic rings. The molecule has 2 aromatic carbocycles. The van der Waals surface area contributed by atoms with Crippen LogP contribution >= 0.6 is 0 Å². The number of nitrogens with one attached hydrogen (secondary N) is 1. The number of piperidine rings is 1. The molecule has 0 spiro atoms. The van der Waals surface area contributed by atoms with E-state index in [0.717, 1.165) is 42.5 Å². The number of nitrogens with zero attached hydrogens (tertiary/aromatic N) is 4. The molecule has 0 radical (unpaired) electrons. The smallest absolute Gasteiger partial charge is 0.326 e. The van der Waals surface area contributed by atoms with Gasteiger partial charge in [0.2, 0.25) is 11.7 Å². The molecule has 9 nitrogen and oxygen atoms in total. The molecule has 0 aliphatic carbocycles. The molecule has 1 fully saturated rings. The first-order valence-corrected chi connectivity index (χ1v) is 10.6. The monoisotopic (exact) mass is 435 g/mol. The van der Waals surface area contributed by atoms with Crippen LogP contribution in [0.25, 0.3) is 22.4 Å². The Morgan fingerprint density at radius 2 is 1.94 bits per heavy atom. The molecule has 0 unspecified atom stereocenters. The van der Waals surface area contributed by atoms with Crippen molar-refractivity contribution < 1.29 is 14.0 Å². The molecule has 1 saturated heterocycles. The Morgan fingerprint density at radius 1 is 1.12 bits per heavy atom. The van der Waals surface area contributed by atoms with E-state index in [9.17, 15) is 4.79 Å². The summed E-state index contributed by atoms with van der Waals surface area (Å²) in [7, 11) is 3.21. The third kappa shape index (κ3) is 3.75. The van der Waals surface area contributed by atoms with Gasteiger partial charge >= 0.3 is 5.69 Å². The lowest BCUT2D eigenvalue weighted by molar-refractivity contribution is 0.161. The molecule has 0 saturated carbocycles. The molecule has 0 bridgehead atoms. The van der Waals surface area contributed by atoms with E-state index in [1.165, 1.54) is 0 Å². The summed E-state index contributed by atoms with van der Waals surface area (Å²) in [4.78, 5) is 22.3. The lowest BCUT2D eigenvalue weighted by Crippen LogP contribution is -2.36. The molecule has 0 amide bonds. The maximum atomic E-state index is 12.5. The predicted octanol–water partition coefficient (Wildman–Crippen LogP) is 3.23. The SMILES string of the molecule is COc1ccc(-c2noc(CN3CCC(n4c(=O)[nH]c5ccccc54)CC3)n2)c(OC)c1. The number of imidazole rings is 1. The minimum absolute atomic E-state index is 0.0420. The van der Waals surface area contributed by atoms with Crippen molar-refractivity contribution in [2.24, 2.45) is 0 Å². The number of H-pyrrole nitrogens is 1. The highest BCUT2D eigenvalue weighted by molar-refractivity contribution is 5.75. The number of likely N-dealkylation sites (tertiary alicyclic amines) is 1. The van der Waals surface area contributed by atoms with E-state index in [4.69, 9.17) is 14.0 Å². The molecule has 32 heavy (non-hydrogen) atoms. The van der Waals surface area contributed by atoms with Gasteiger partial charge in [0, 0.05) is 25.2 Å². The highest BCUT2D eigenvalue weighted by atomic mass is 16.5. The maximum Gasteiger partial charge on any atom is 0.326 e. The Kier molecular flexibility index (Phi) is 5.40. The molecule has 5 rings (SSSR count). The predicted molar refractivity (Wildman–Crippen MR) is 119 cm³/mol. The van der Waals surface area contributed by atoms with Crippen molar-refractivity contribution in [3.8, 4) is 22.9 Å². The number of rotatable bonds is 6. The quantitative estimate of drug-likeness (QED) is 0.496. The van der Waals surface area contributed by atoms with E-state index in [-0.39, 0.29) is 11.7 Å². The van der Waals surface area contributed by atoms with Crippen LogP contribution in [-0.2, 0) is 6.54 Å². The number of ether oxygens (including phenoxy) is 2. The van der Waals surface area contributed by atoms with Crippen molar-refractivity contribution >= 4 is 11.0 Å². The second kappa shape index (κ2) is 8.51. The second-order valence-corrected chi connectivity index (χ2v) is 7.90. The number of para-hydroxylation sites is 2. The first kappa shape index (κ1) is 20.3. The van der Waals surface area contributed by atoms with Crippen molar-refractivity contribution in [3.63, 3.8) is 0 Å². The first-order valence-electron chi connectivity index (χ1n) is 10.6. The summed E-state index contributed by atoms with van der Waals surface area (Å²) in [6.45, 7) is 2.27. The molecular weight excluding hydrogens is 410 g/mol. The van der Waals surface area contributed by atoms with Crippen LogP contribution in [0.3, 0.4) is 0 Å². The summed E-state index contributed by atoms with van der Waals surface area (Å²) in [6.07, 6.45) is 1.77. The minimum atomic E-state index is -0.0420. The van der Waals surface area contributed by atoms with Crippen molar-refractivity contribution in [2.75, 3.05) is 27.3 Å². The van der Waals surface area contributed by atoms with Gasteiger partial charge in [0.25, 0.3) is 0 Å². The van der Waals surface area contributed by atoms with Gasteiger partial charge in [-0.15, -0.1) is 0 Å². The minimum Gasteiger partial charge on any atom is -0.497 e. The molecule has 1 N–H and O–H groups in total. The molecule has 9 heteroatoms. The third-order valence-corrected chi connectivity index (χ3v) is 6.02. The number of aromatic amines is 1. The van der Waals surface area contributed by atoms with Gasteiger partial charge in [-0.05, 0) is 37.1 Å². The standard InChI is InChI=1S/C23H25N5O4/c1-30-16-7-8-17(20(13-16)31-2)22-25-21(32-26-22)14-27-11-9-15(10-12-27)28-19-6-4-3-5-18(19)24-23(28)29/h3-8,13,15H,9-12,14H2,1-2H3,(H,24,29). The zero-order valence-electron chi connectivity index (χ0n) is 18.1. The lowest BCUT2D eigenvalue weighted by atomic mass is 10.0. The molecule has 0 atom stereocenters. The normalized spacial score (nSPS) is 15.3. The van der Waals surface area contributed by atoms with Crippen LogP contribution in [0.1, 0.15) is 24.8 Å². The fourth-order valence-electron chi connectivity index (χ4n) is 4.38. The van der Waals surface area contributed by atoms with Crippen LogP contribution < -0.4 is 15.2 Å². The van der Waals surface area contributed by atoms with Crippen LogP contribution in [-0.4, -0.2) is 51.9 Å². The summed E-state index contributed by atoms with van der Waals surface area (Å²) >= 11 is 0. The summed E-state index contributed by atoms with van der Waals surface area (Å²) < 4.78 is 18.1. The van der Waals surface area contributed by atoms with E-state index >= 15 is 0 Å². The first-order chi connectivity index (χ1) is 15.7. The average molecular weight is 435 g/mol. The summed E-state index contributed by atoms with van der Waals surface area (Å²) in [6, 6.07) is 13.5. The van der Waals surface area contributed by atoms with Gasteiger partial charge in [-0.3, -0.25) is 9.47 Å². The van der Waals surface area contributed by atoms with Crippen LogP contribution in [0, 0.1) is 0 Å². The van der Waals surface area contributed by atoms with Crippen molar-refractivity contribution in [1.29, 1.82) is 0 Å². The fraction of sp³-hybridized carbons (Fsp3) is 0.348. The Balaban J connectivity index is 1.26. The van der Waals surface area contributed by atoms with E-state index in [2.05, 4.69) is 20.0 Å². The second-order valence-electron chi connectivity index (χ2n) is 7.90. The van der Waals surface area contributed by atoms with Crippen molar-refractivity contribution in [1.82, 2.24) is 24.6 Å². The average Bonchev–Trinajstić information content (AvgIpc) is 3.42. The molecule has 166 valence electrons. The van der Waals surface area contributed by atoms with Crippen LogP contribution in [0.2, 0.25) is 0 Å². The van der Waals surface area contributed by atoms with Gasteiger partial charge in [0.05, 0.1) is 37.4 Å². The van der Waals surface area contributed by atoms with E-state index < -0.39 is 0 Å². The number of hydrogen-bond acceptors (Lipinski definition) is 7. The van der Waals surface area contributed by atoms with Crippen LogP contribution in [0.5, 0.6) is 11.5 Å². The summed E-state index contributed by atoms with van der Waals surface area (Å²) in [5.74, 6) is 2.37. The van der Waals surface area contributed by atoms with E-state index in [0.29, 0.717) is 29.8 Å². The van der Waals surface area contributed by atoms with Crippen molar-refractivity contribution in [3.05, 3.63) is 58.8 Å². The topological polar surface area (TPSA) is 98.4 Å². The van der Waals surface area contributed by atoms with Gasteiger partial charge < -0.3 is 19.0 Å². The largest absolute Gasteiger partial charge is 0.497 e. The highest BCUT2D eigenvalue weighted by Gasteiger charge is 2.25. The fourth-order valence-corrected chi connectivity index (χ4v) is 4.38. The zero-order valence-corrected chi connectivity index (χ0v) is 18.1. The van der Waals surface area contributed by atoms with Crippen molar-refractivity contribution in [2.45, 2.75) is 25.4 Å². The Labute approximate surface area is 184 Å². The van der Waals surface area contributed by atoms with Gasteiger partial charge in [-0.2, -0.15) is 4.98 Å². The summed E-state index contributed by atoms with van der Waals surface area (Å²) in [5.41, 5.74) is 2.55. The number of aromatic nitrogens is 4. The molecule has 3 heterocycles. The Morgan fingerprint density at radius 3 is 2.72 bits per heavy atom. The van der Waals surface area contributed by atoms with Gasteiger partial charge in [0.15, 0.2) is 0 Å². The molecule has 1 aliphatic heterocycles. The molecule has 2 aromatic heterocycles. The lowest BCUT2D eigenvalue weighted by Gasteiger charge is -2.31. The van der Waals surface area contributed by atoms with Crippen LogP contribution in [0.15, 0.2) is 51.8 Å². The summed E-state index contributed by atoms with van der Waals surface area (Å²) in [5, 5.41) is 4.13. The third-order valence-electron chi connectivity index (χ3n) is 6.02. The molecular formula is C23H25N5O4. The maximum absolute atomic E-state index is 12.5. The molecule has 1 aliphatic rings. The number of hydrogen-bond donors (Lipinski definition) is 1.